The molecule has 0 aliphatic heterocycles. The van der Waals surface area contributed by atoms with Gasteiger partial charge >= 0.3 is 7.80 Å². The van der Waals surface area contributed by atoms with Gasteiger partial charge in [-0.05, 0) is 12.5 Å². The highest BCUT2D eigenvalue weighted by Crippen LogP contribution is 2.25. The summed E-state index contributed by atoms with van der Waals surface area (Å²) >= 11 is 0. The molecule has 0 radical (unpaired) electrons. The summed E-state index contributed by atoms with van der Waals surface area (Å²) in [7, 11) is -1.00. The molecule has 1 aromatic rings. The molecule has 11 heavy (non-hydrogen) atoms. The molecule has 0 heterocycles. The van der Waals surface area contributed by atoms with Gasteiger partial charge in [-0.3, -0.25) is 0 Å². The number of hydrogen-bond acceptors (Lipinski definition) is 1. The Kier molecular flexibility index (Phi) is 3.25. The van der Waals surface area contributed by atoms with Crippen molar-refractivity contribution in [1.29, 1.82) is 0 Å². The Morgan fingerprint density at radius 2 is 1.91 bits per heavy atom. The molecule has 0 amide bonds. The molecule has 0 fully saturated rings. The highest BCUT2D eigenvalue weighted by molar-refractivity contribution is 7.43. The smallest absolute Gasteiger partial charge is 0.0745 e. The van der Waals surface area contributed by atoms with E-state index < -0.39 is 7.80 Å². The van der Waals surface area contributed by atoms with Crippen molar-refractivity contribution in [2.45, 2.75) is 13.1 Å². The van der Waals surface area contributed by atoms with Crippen LogP contribution >= 0.6 is 7.80 Å². The van der Waals surface area contributed by atoms with Crippen LogP contribution in [0.5, 0.6) is 0 Å². The van der Waals surface area contributed by atoms with Crippen molar-refractivity contribution in [3.63, 3.8) is 0 Å². The van der Waals surface area contributed by atoms with Gasteiger partial charge in [-0.1, -0.05) is 34.9 Å². The van der Waals surface area contributed by atoms with Crippen LogP contribution in [0.15, 0.2) is 30.3 Å². The summed E-state index contributed by atoms with van der Waals surface area (Å²) in [6, 6.07) is 9.97. The van der Waals surface area contributed by atoms with Crippen LogP contribution in [0.2, 0.25) is 0 Å². The Morgan fingerprint density at radius 1 is 1.27 bits per heavy atom. The third kappa shape index (κ3) is 2.81. The van der Waals surface area contributed by atoms with Crippen molar-refractivity contribution in [1.82, 2.24) is 0 Å². The van der Waals surface area contributed by atoms with E-state index in [4.69, 9.17) is 0 Å². The average molecular weight is 167 g/mol. The second-order valence-electron chi connectivity index (χ2n) is 2.44. The molecule has 0 saturated heterocycles. The maximum absolute atomic E-state index is 11.1. The summed E-state index contributed by atoms with van der Waals surface area (Å²) in [6.45, 7) is 1.96. The van der Waals surface area contributed by atoms with E-state index in [1.807, 2.05) is 37.3 Å². The van der Waals surface area contributed by atoms with Crippen LogP contribution < -0.4 is 0 Å². The molecular formula is C9H12OP+. The van der Waals surface area contributed by atoms with Crippen molar-refractivity contribution in [3.05, 3.63) is 35.9 Å². The van der Waals surface area contributed by atoms with Crippen molar-refractivity contribution in [2.24, 2.45) is 0 Å². The largest absolute Gasteiger partial charge is 0.343 e. The van der Waals surface area contributed by atoms with Crippen molar-refractivity contribution in [3.8, 4) is 0 Å². The van der Waals surface area contributed by atoms with Gasteiger partial charge in [0.1, 0.15) is 6.16 Å². The molecule has 0 spiro atoms. The van der Waals surface area contributed by atoms with Gasteiger partial charge in [0.15, 0.2) is 6.16 Å². The summed E-state index contributed by atoms with van der Waals surface area (Å²) < 4.78 is 11.1. The standard InChI is InChI=1S/C9H12OP/c1-2-11(10)8-9-6-4-3-5-7-9/h3-7H,2,8H2,1H3/q+1. The molecule has 58 valence electrons. The van der Waals surface area contributed by atoms with Gasteiger partial charge < -0.3 is 0 Å². The monoisotopic (exact) mass is 167 g/mol. The Hall–Kier alpha value is -0.680. The molecule has 0 N–H and O–H groups in total. The Balaban J connectivity index is 2.58. The number of hydrogen-bond donors (Lipinski definition) is 0. The molecule has 2 heteroatoms. The van der Waals surface area contributed by atoms with Crippen LogP contribution in [0, 0.1) is 0 Å². The van der Waals surface area contributed by atoms with E-state index in [1.165, 1.54) is 5.56 Å². The first-order valence-electron chi connectivity index (χ1n) is 3.79. The summed E-state index contributed by atoms with van der Waals surface area (Å²) in [6.07, 6.45) is 1.51. The molecule has 1 nitrogen and oxygen atoms in total. The fourth-order valence-corrected chi connectivity index (χ4v) is 1.74. The van der Waals surface area contributed by atoms with E-state index in [0.29, 0.717) is 0 Å². The second kappa shape index (κ2) is 4.25. The summed E-state index contributed by atoms with van der Waals surface area (Å²) in [5, 5.41) is 0. The molecule has 0 aromatic heterocycles. The van der Waals surface area contributed by atoms with Crippen LogP contribution in [0.3, 0.4) is 0 Å². The fourth-order valence-electron chi connectivity index (χ4n) is 0.899. The lowest BCUT2D eigenvalue weighted by molar-refractivity contribution is 0.588. The van der Waals surface area contributed by atoms with E-state index in [0.717, 1.165) is 12.3 Å². The molecule has 0 saturated carbocycles. The van der Waals surface area contributed by atoms with Crippen molar-refractivity contribution < 1.29 is 4.57 Å². The minimum atomic E-state index is -1.00. The molecule has 0 bridgehead atoms. The Labute approximate surface area is 68.2 Å². The minimum absolute atomic E-state index is 0.729. The van der Waals surface area contributed by atoms with Gasteiger partial charge in [-0.25, -0.2) is 0 Å². The first-order valence-corrected chi connectivity index (χ1v) is 5.42. The SMILES string of the molecule is CC[P+](=O)Cc1ccccc1. The first-order chi connectivity index (χ1) is 5.33. The summed E-state index contributed by atoms with van der Waals surface area (Å²) in [4.78, 5) is 0. The highest BCUT2D eigenvalue weighted by Gasteiger charge is 2.10. The quantitative estimate of drug-likeness (QED) is 0.632. The molecule has 0 aliphatic rings. The zero-order valence-electron chi connectivity index (χ0n) is 6.66. The molecule has 1 rings (SSSR count). The average Bonchev–Trinajstić information content (AvgIpc) is 2.06. The highest BCUT2D eigenvalue weighted by atomic mass is 31.1. The molecule has 1 unspecified atom stereocenters. The molecular weight excluding hydrogens is 155 g/mol. The summed E-state index contributed by atoms with van der Waals surface area (Å²) in [5.74, 6) is 0. The lowest BCUT2D eigenvalue weighted by atomic mass is 10.2. The third-order valence-corrected chi connectivity index (χ3v) is 2.98. The van der Waals surface area contributed by atoms with Crippen LogP contribution in [0.25, 0.3) is 0 Å². The first kappa shape index (κ1) is 8.42. The number of benzene rings is 1. The maximum atomic E-state index is 11.1. The van der Waals surface area contributed by atoms with Crippen LogP contribution in [0.4, 0.5) is 0 Å². The topological polar surface area (TPSA) is 17.1 Å². The predicted molar refractivity (Wildman–Crippen MR) is 48.3 cm³/mol. The van der Waals surface area contributed by atoms with E-state index >= 15 is 0 Å². The predicted octanol–water partition coefficient (Wildman–Crippen LogP) is 3.03. The van der Waals surface area contributed by atoms with Gasteiger partial charge in [0.05, 0.1) is 0 Å². The normalized spacial score (nSPS) is 11.2. The van der Waals surface area contributed by atoms with Crippen molar-refractivity contribution in [2.75, 3.05) is 6.16 Å². The Bertz CT molecular complexity index is 231. The lowest BCUT2D eigenvalue weighted by Crippen LogP contribution is -1.78. The molecule has 1 aromatic carbocycles. The van der Waals surface area contributed by atoms with E-state index in [-0.39, 0.29) is 0 Å². The zero-order valence-corrected chi connectivity index (χ0v) is 7.55. The summed E-state index contributed by atoms with van der Waals surface area (Å²) in [5.41, 5.74) is 1.18. The van der Waals surface area contributed by atoms with Crippen molar-refractivity contribution >= 4 is 7.80 Å². The number of rotatable bonds is 3. The van der Waals surface area contributed by atoms with Gasteiger partial charge in [0, 0.05) is 0 Å². The van der Waals surface area contributed by atoms with Crippen LogP contribution in [-0.4, -0.2) is 6.16 Å². The fraction of sp³-hybridized carbons (Fsp3) is 0.333. The Morgan fingerprint density at radius 3 is 2.45 bits per heavy atom. The van der Waals surface area contributed by atoms with Gasteiger partial charge in [0.2, 0.25) is 0 Å². The van der Waals surface area contributed by atoms with Gasteiger partial charge in [0.25, 0.3) is 0 Å². The maximum Gasteiger partial charge on any atom is 0.343 e. The zero-order chi connectivity index (χ0) is 8.10. The van der Waals surface area contributed by atoms with E-state index in [1.54, 1.807) is 0 Å². The second-order valence-corrected chi connectivity index (χ2v) is 4.35. The molecule has 0 aliphatic carbocycles. The molecule has 1 atom stereocenters. The van der Waals surface area contributed by atoms with E-state index in [9.17, 15) is 4.57 Å². The van der Waals surface area contributed by atoms with Crippen LogP contribution in [0.1, 0.15) is 12.5 Å². The van der Waals surface area contributed by atoms with Crippen LogP contribution in [-0.2, 0) is 10.7 Å². The van der Waals surface area contributed by atoms with Gasteiger partial charge in [-0.2, -0.15) is 0 Å². The van der Waals surface area contributed by atoms with E-state index in [2.05, 4.69) is 0 Å². The van der Waals surface area contributed by atoms with Gasteiger partial charge in [-0.15, -0.1) is 0 Å². The lowest BCUT2D eigenvalue weighted by Gasteiger charge is -1.88. The minimum Gasteiger partial charge on any atom is -0.0745 e. The third-order valence-electron chi connectivity index (χ3n) is 1.55.